The molecule has 3 heteroatoms. The molecule has 0 aromatic heterocycles. The number of alkyl halides is 1. The molecule has 0 heterocycles. The van der Waals surface area contributed by atoms with Gasteiger partial charge in [0.25, 0.3) is 0 Å². The first-order valence-electron chi connectivity index (χ1n) is 5.74. The van der Waals surface area contributed by atoms with Crippen LogP contribution in [-0.4, -0.2) is 17.8 Å². The Bertz CT molecular complexity index is 378. The van der Waals surface area contributed by atoms with Gasteiger partial charge in [0.1, 0.15) is 0 Å². The molecule has 1 N–H and O–H groups in total. The minimum absolute atomic E-state index is 0.0593. The summed E-state index contributed by atoms with van der Waals surface area (Å²) >= 11 is 3.32. The summed E-state index contributed by atoms with van der Waals surface area (Å²) in [6.45, 7) is 0.706. The number of carbonyl (C=O) groups is 1. The van der Waals surface area contributed by atoms with Crippen LogP contribution in [0.3, 0.4) is 0 Å². The van der Waals surface area contributed by atoms with Crippen molar-refractivity contribution in [3.8, 4) is 0 Å². The second-order valence-corrected chi connectivity index (χ2v) is 4.92. The first kappa shape index (κ1) is 11.6. The van der Waals surface area contributed by atoms with Gasteiger partial charge >= 0.3 is 0 Å². The van der Waals surface area contributed by atoms with E-state index in [1.807, 2.05) is 6.07 Å². The molecule has 1 aromatic rings. The van der Waals surface area contributed by atoms with Gasteiger partial charge in [-0.05, 0) is 30.4 Å². The first-order valence-corrected chi connectivity index (χ1v) is 6.86. The quantitative estimate of drug-likeness (QED) is 0.848. The summed E-state index contributed by atoms with van der Waals surface area (Å²) in [5.41, 5.74) is 2.56. The summed E-state index contributed by atoms with van der Waals surface area (Å²) in [5, 5.41) is 3.77. The molecule has 2 rings (SSSR count). The van der Waals surface area contributed by atoms with Gasteiger partial charge in [0.2, 0.25) is 5.91 Å². The van der Waals surface area contributed by atoms with E-state index in [-0.39, 0.29) is 11.8 Å². The van der Waals surface area contributed by atoms with Gasteiger partial charge in [-0.25, -0.2) is 0 Å². The van der Waals surface area contributed by atoms with Crippen molar-refractivity contribution in [2.45, 2.75) is 25.2 Å². The summed E-state index contributed by atoms with van der Waals surface area (Å²) in [4.78, 5) is 12.0. The Morgan fingerprint density at radius 2 is 2.25 bits per heavy atom. The molecule has 0 radical (unpaired) electrons. The Labute approximate surface area is 105 Å². The maximum atomic E-state index is 12.0. The average Bonchev–Trinajstić information content (AvgIpc) is 2.35. The van der Waals surface area contributed by atoms with Crippen LogP contribution in [0.15, 0.2) is 24.3 Å². The van der Waals surface area contributed by atoms with Crippen LogP contribution in [-0.2, 0) is 11.2 Å². The lowest BCUT2D eigenvalue weighted by molar-refractivity contribution is -0.122. The van der Waals surface area contributed by atoms with Crippen molar-refractivity contribution in [3.05, 3.63) is 35.4 Å². The molecule has 1 unspecified atom stereocenters. The molecule has 1 aliphatic rings. The number of hydrogen-bond acceptors (Lipinski definition) is 1. The molecule has 0 saturated carbocycles. The van der Waals surface area contributed by atoms with E-state index in [4.69, 9.17) is 0 Å². The van der Waals surface area contributed by atoms with Crippen molar-refractivity contribution in [3.63, 3.8) is 0 Å². The standard InChI is InChI=1S/C13H16BrNO/c14-8-9-15-13(16)12-7-3-5-10-4-1-2-6-11(10)12/h1-2,4,6,12H,3,5,7-9H2,(H,15,16). The molecule has 1 aromatic carbocycles. The highest BCUT2D eigenvalue weighted by Crippen LogP contribution is 2.31. The second-order valence-electron chi connectivity index (χ2n) is 4.12. The summed E-state index contributed by atoms with van der Waals surface area (Å²) in [7, 11) is 0. The van der Waals surface area contributed by atoms with E-state index in [2.05, 4.69) is 39.4 Å². The van der Waals surface area contributed by atoms with Gasteiger partial charge in [0, 0.05) is 11.9 Å². The fourth-order valence-electron chi connectivity index (χ4n) is 2.32. The van der Waals surface area contributed by atoms with Crippen molar-refractivity contribution in [1.82, 2.24) is 5.32 Å². The molecule has 0 fully saturated rings. The van der Waals surface area contributed by atoms with Crippen molar-refractivity contribution in [2.75, 3.05) is 11.9 Å². The van der Waals surface area contributed by atoms with Gasteiger partial charge in [-0.15, -0.1) is 0 Å². The smallest absolute Gasteiger partial charge is 0.227 e. The number of nitrogens with one attached hydrogen (secondary N) is 1. The Morgan fingerprint density at radius 3 is 3.06 bits per heavy atom. The number of halogens is 1. The highest BCUT2D eigenvalue weighted by atomic mass is 79.9. The van der Waals surface area contributed by atoms with E-state index in [1.165, 1.54) is 11.1 Å². The zero-order valence-corrected chi connectivity index (χ0v) is 10.8. The minimum Gasteiger partial charge on any atom is -0.355 e. The van der Waals surface area contributed by atoms with Crippen LogP contribution in [0.1, 0.15) is 29.9 Å². The van der Waals surface area contributed by atoms with Gasteiger partial charge in [0.05, 0.1) is 5.92 Å². The normalized spacial score (nSPS) is 18.9. The predicted molar refractivity (Wildman–Crippen MR) is 68.9 cm³/mol. The van der Waals surface area contributed by atoms with Crippen LogP contribution in [0.2, 0.25) is 0 Å². The van der Waals surface area contributed by atoms with Crippen LogP contribution in [0.25, 0.3) is 0 Å². The topological polar surface area (TPSA) is 29.1 Å². The van der Waals surface area contributed by atoms with Crippen LogP contribution >= 0.6 is 15.9 Å². The molecule has 16 heavy (non-hydrogen) atoms. The summed E-state index contributed by atoms with van der Waals surface area (Å²) in [6.07, 6.45) is 3.20. The third-order valence-corrected chi connectivity index (χ3v) is 3.48. The van der Waals surface area contributed by atoms with Crippen molar-refractivity contribution < 1.29 is 4.79 Å². The summed E-state index contributed by atoms with van der Waals surface area (Å²) in [6, 6.07) is 8.30. The van der Waals surface area contributed by atoms with E-state index in [1.54, 1.807) is 0 Å². The summed E-state index contributed by atoms with van der Waals surface area (Å²) < 4.78 is 0. The molecule has 86 valence electrons. The van der Waals surface area contributed by atoms with Gasteiger partial charge in [-0.3, -0.25) is 4.79 Å². The summed E-state index contributed by atoms with van der Waals surface area (Å²) in [5.74, 6) is 0.232. The average molecular weight is 282 g/mol. The Kier molecular flexibility index (Phi) is 3.99. The second kappa shape index (κ2) is 5.48. The van der Waals surface area contributed by atoms with Crippen molar-refractivity contribution >= 4 is 21.8 Å². The number of amides is 1. The van der Waals surface area contributed by atoms with Crippen molar-refractivity contribution in [1.29, 1.82) is 0 Å². The van der Waals surface area contributed by atoms with Crippen LogP contribution in [0.4, 0.5) is 0 Å². The van der Waals surface area contributed by atoms with E-state index in [0.717, 1.165) is 24.6 Å². The molecule has 1 amide bonds. The maximum absolute atomic E-state index is 12.0. The van der Waals surface area contributed by atoms with E-state index >= 15 is 0 Å². The van der Waals surface area contributed by atoms with Gasteiger partial charge in [-0.1, -0.05) is 40.2 Å². The molecule has 0 saturated heterocycles. The third kappa shape index (κ3) is 2.46. The largest absolute Gasteiger partial charge is 0.355 e. The number of aryl methyl sites for hydroxylation is 1. The van der Waals surface area contributed by atoms with E-state index < -0.39 is 0 Å². The Morgan fingerprint density at radius 1 is 1.44 bits per heavy atom. The number of benzene rings is 1. The minimum atomic E-state index is 0.0593. The number of carbonyl (C=O) groups excluding carboxylic acids is 1. The van der Waals surface area contributed by atoms with Gasteiger partial charge < -0.3 is 5.32 Å². The first-order chi connectivity index (χ1) is 7.83. The molecule has 0 bridgehead atoms. The molecular formula is C13H16BrNO. The molecule has 1 atom stereocenters. The highest BCUT2D eigenvalue weighted by molar-refractivity contribution is 9.09. The highest BCUT2D eigenvalue weighted by Gasteiger charge is 2.25. The third-order valence-electron chi connectivity index (χ3n) is 3.08. The van der Waals surface area contributed by atoms with Gasteiger partial charge in [-0.2, -0.15) is 0 Å². The zero-order chi connectivity index (χ0) is 11.4. The Hall–Kier alpha value is -0.830. The lowest BCUT2D eigenvalue weighted by atomic mass is 9.82. The van der Waals surface area contributed by atoms with Gasteiger partial charge in [0.15, 0.2) is 0 Å². The predicted octanol–water partition coefficient (Wildman–Crippen LogP) is 2.62. The fraction of sp³-hybridized carbons (Fsp3) is 0.462. The SMILES string of the molecule is O=C(NCCBr)C1CCCc2ccccc21. The van der Waals surface area contributed by atoms with Crippen LogP contribution in [0, 0.1) is 0 Å². The molecular weight excluding hydrogens is 266 g/mol. The van der Waals surface area contributed by atoms with E-state index in [9.17, 15) is 4.79 Å². The number of fused-ring (bicyclic) bond motifs is 1. The lowest BCUT2D eigenvalue weighted by Crippen LogP contribution is -2.32. The number of hydrogen-bond donors (Lipinski definition) is 1. The Balaban J connectivity index is 2.15. The zero-order valence-electron chi connectivity index (χ0n) is 9.21. The molecule has 0 aliphatic heterocycles. The number of rotatable bonds is 3. The fourth-order valence-corrected chi connectivity index (χ4v) is 2.52. The van der Waals surface area contributed by atoms with Crippen LogP contribution in [0.5, 0.6) is 0 Å². The molecule has 0 spiro atoms. The molecule has 1 aliphatic carbocycles. The van der Waals surface area contributed by atoms with Crippen molar-refractivity contribution in [2.24, 2.45) is 0 Å². The van der Waals surface area contributed by atoms with E-state index in [0.29, 0.717) is 6.54 Å². The monoisotopic (exact) mass is 281 g/mol. The molecule has 2 nitrogen and oxygen atoms in total. The maximum Gasteiger partial charge on any atom is 0.227 e. The van der Waals surface area contributed by atoms with Crippen LogP contribution < -0.4 is 5.32 Å². The lowest BCUT2D eigenvalue weighted by Gasteiger charge is -2.24.